The Hall–Kier alpha value is -1.00. The molecule has 3 atom stereocenters. The molecule has 100 valence electrons. The van der Waals surface area contributed by atoms with Crippen LogP contribution in [0.25, 0.3) is 0 Å². The van der Waals surface area contributed by atoms with Crippen LogP contribution in [-0.2, 0) is 0 Å². The van der Waals surface area contributed by atoms with Crippen molar-refractivity contribution < 1.29 is 8.78 Å². The van der Waals surface area contributed by atoms with Gasteiger partial charge in [-0.1, -0.05) is 19.9 Å². The maximum absolute atomic E-state index is 13.8. The molecule has 2 N–H and O–H groups in total. The van der Waals surface area contributed by atoms with Gasteiger partial charge in [0.25, 0.3) is 0 Å². The Kier molecular flexibility index (Phi) is 3.97. The first-order valence-electron chi connectivity index (χ1n) is 6.42. The van der Waals surface area contributed by atoms with Crippen molar-refractivity contribution in [3.63, 3.8) is 0 Å². The van der Waals surface area contributed by atoms with E-state index in [4.69, 9.17) is 5.73 Å². The molecule has 1 heterocycles. The first-order valence-corrected chi connectivity index (χ1v) is 6.42. The highest BCUT2D eigenvalue weighted by molar-refractivity contribution is 5.23. The number of halogens is 2. The number of benzene rings is 1. The minimum Gasteiger partial charge on any atom is -0.329 e. The van der Waals surface area contributed by atoms with Crippen LogP contribution in [0.4, 0.5) is 8.78 Å². The predicted octanol–water partition coefficient (Wildman–Crippen LogP) is 2.55. The third-order valence-corrected chi connectivity index (χ3v) is 4.00. The topological polar surface area (TPSA) is 29.3 Å². The van der Waals surface area contributed by atoms with Crippen LogP contribution in [0.3, 0.4) is 0 Å². The Labute approximate surface area is 107 Å². The van der Waals surface area contributed by atoms with E-state index in [0.29, 0.717) is 23.9 Å². The molecule has 1 fully saturated rings. The molecular formula is C14H20F2N2. The van der Waals surface area contributed by atoms with Crippen molar-refractivity contribution in [2.24, 2.45) is 17.6 Å². The fraction of sp³-hybridized carbons (Fsp3) is 0.571. The van der Waals surface area contributed by atoms with Crippen molar-refractivity contribution >= 4 is 0 Å². The fourth-order valence-electron chi connectivity index (χ4n) is 2.67. The second-order valence-corrected chi connectivity index (χ2v) is 5.33. The van der Waals surface area contributed by atoms with E-state index in [1.165, 1.54) is 12.1 Å². The van der Waals surface area contributed by atoms with Gasteiger partial charge in [0.1, 0.15) is 11.6 Å². The number of likely N-dealkylation sites (tertiary alicyclic amines) is 1. The van der Waals surface area contributed by atoms with E-state index in [1.54, 1.807) is 0 Å². The summed E-state index contributed by atoms with van der Waals surface area (Å²) in [5.41, 5.74) is 6.28. The average Bonchev–Trinajstić information content (AvgIpc) is 2.63. The third-order valence-electron chi connectivity index (χ3n) is 4.00. The van der Waals surface area contributed by atoms with E-state index in [-0.39, 0.29) is 6.04 Å². The molecule has 0 aliphatic carbocycles. The monoisotopic (exact) mass is 254 g/mol. The molecule has 1 aliphatic rings. The number of hydrogen-bond acceptors (Lipinski definition) is 2. The number of nitrogens with two attached hydrogens (primary N) is 1. The molecular weight excluding hydrogens is 234 g/mol. The van der Waals surface area contributed by atoms with Crippen LogP contribution in [0.2, 0.25) is 0 Å². The summed E-state index contributed by atoms with van der Waals surface area (Å²) in [7, 11) is 0. The molecule has 0 aromatic heterocycles. The fourth-order valence-corrected chi connectivity index (χ4v) is 2.67. The van der Waals surface area contributed by atoms with Gasteiger partial charge in [-0.15, -0.1) is 0 Å². The lowest BCUT2D eigenvalue weighted by Crippen LogP contribution is -2.33. The zero-order valence-electron chi connectivity index (χ0n) is 10.9. The van der Waals surface area contributed by atoms with Crippen LogP contribution >= 0.6 is 0 Å². The zero-order chi connectivity index (χ0) is 13.3. The Morgan fingerprint density at radius 2 is 1.89 bits per heavy atom. The van der Waals surface area contributed by atoms with E-state index in [9.17, 15) is 8.78 Å². The second-order valence-electron chi connectivity index (χ2n) is 5.33. The molecule has 0 bridgehead atoms. The highest BCUT2D eigenvalue weighted by atomic mass is 19.1. The molecule has 2 nitrogen and oxygen atoms in total. The molecule has 0 saturated carbocycles. The second kappa shape index (κ2) is 5.33. The van der Waals surface area contributed by atoms with Crippen molar-refractivity contribution in [1.82, 2.24) is 4.90 Å². The summed E-state index contributed by atoms with van der Waals surface area (Å²) in [6, 6.07) is 3.58. The lowest BCUT2D eigenvalue weighted by molar-refractivity contribution is 0.235. The van der Waals surface area contributed by atoms with Crippen LogP contribution in [-0.4, -0.2) is 24.5 Å². The van der Waals surface area contributed by atoms with Crippen LogP contribution in [0.5, 0.6) is 0 Å². The maximum Gasteiger partial charge on any atom is 0.130 e. The highest BCUT2D eigenvalue weighted by Gasteiger charge is 2.32. The molecule has 0 amide bonds. The summed E-state index contributed by atoms with van der Waals surface area (Å²) in [5.74, 6) is 0.123. The molecule has 1 aromatic carbocycles. The van der Waals surface area contributed by atoms with Crippen LogP contribution in [0.15, 0.2) is 18.2 Å². The standard InChI is InChI=1S/C14H20F2N2/c1-9-7-18(8-10(9)2)14(6-17)12-4-3-11(15)5-13(12)16/h3-5,9-10,14H,6-8,17H2,1-2H3. The molecule has 2 rings (SSSR count). The van der Waals surface area contributed by atoms with Gasteiger partial charge in [0.2, 0.25) is 0 Å². The lowest BCUT2D eigenvalue weighted by atomic mass is 10.0. The van der Waals surface area contributed by atoms with E-state index in [0.717, 1.165) is 19.2 Å². The van der Waals surface area contributed by atoms with Gasteiger partial charge in [0.15, 0.2) is 0 Å². The predicted molar refractivity (Wildman–Crippen MR) is 68.1 cm³/mol. The summed E-state index contributed by atoms with van der Waals surface area (Å²) in [6.45, 7) is 6.57. The van der Waals surface area contributed by atoms with Crippen LogP contribution < -0.4 is 5.73 Å². The normalized spacial score (nSPS) is 26.5. The molecule has 4 heteroatoms. The van der Waals surface area contributed by atoms with Crippen molar-refractivity contribution in [3.8, 4) is 0 Å². The van der Waals surface area contributed by atoms with Crippen molar-refractivity contribution in [1.29, 1.82) is 0 Å². The summed E-state index contributed by atoms with van der Waals surface area (Å²) in [6.07, 6.45) is 0. The summed E-state index contributed by atoms with van der Waals surface area (Å²) >= 11 is 0. The zero-order valence-corrected chi connectivity index (χ0v) is 10.9. The summed E-state index contributed by atoms with van der Waals surface area (Å²) in [5, 5.41) is 0. The minimum absolute atomic E-state index is 0.155. The van der Waals surface area contributed by atoms with Gasteiger partial charge in [0, 0.05) is 37.3 Å². The third kappa shape index (κ3) is 2.54. The van der Waals surface area contributed by atoms with Gasteiger partial charge >= 0.3 is 0 Å². The lowest BCUT2D eigenvalue weighted by Gasteiger charge is -2.27. The Morgan fingerprint density at radius 3 is 2.39 bits per heavy atom. The largest absolute Gasteiger partial charge is 0.329 e. The van der Waals surface area contributed by atoms with Gasteiger partial charge in [-0.25, -0.2) is 8.78 Å². The van der Waals surface area contributed by atoms with Crippen LogP contribution in [0.1, 0.15) is 25.5 Å². The van der Waals surface area contributed by atoms with Crippen molar-refractivity contribution in [3.05, 3.63) is 35.4 Å². The van der Waals surface area contributed by atoms with E-state index in [2.05, 4.69) is 18.7 Å². The average molecular weight is 254 g/mol. The minimum atomic E-state index is -0.546. The van der Waals surface area contributed by atoms with Crippen molar-refractivity contribution in [2.75, 3.05) is 19.6 Å². The van der Waals surface area contributed by atoms with Gasteiger partial charge in [-0.05, 0) is 17.9 Å². The van der Waals surface area contributed by atoms with Gasteiger partial charge in [0.05, 0.1) is 0 Å². The number of nitrogens with zero attached hydrogens (tertiary/aromatic N) is 1. The number of rotatable bonds is 3. The van der Waals surface area contributed by atoms with Crippen LogP contribution in [0, 0.1) is 23.5 Å². The molecule has 3 unspecified atom stereocenters. The quantitative estimate of drug-likeness (QED) is 0.898. The van der Waals surface area contributed by atoms with Gasteiger partial charge in [-0.2, -0.15) is 0 Å². The Bertz CT molecular complexity index is 412. The smallest absolute Gasteiger partial charge is 0.130 e. The van der Waals surface area contributed by atoms with E-state index in [1.807, 2.05) is 0 Å². The highest BCUT2D eigenvalue weighted by Crippen LogP contribution is 2.31. The Balaban J connectivity index is 2.23. The first kappa shape index (κ1) is 13.4. The molecule has 1 aromatic rings. The molecule has 1 saturated heterocycles. The Morgan fingerprint density at radius 1 is 1.28 bits per heavy atom. The van der Waals surface area contributed by atoms with E-state index >= 15 is 0 Å². The van der Waals surface area contributed by atoms with Gasteiger partial charge in [-0.3, -0.25) is 4.90 Å². The molecule has 18 heavy (non-hydrogen) atoms. The first-order chi connectivity index (χ1) is 8.52. The summed E-state index contributed by atoms with van der Waals surface area (Å²) < 4.78 is 26.7. The van der Waals surface area contributed by atoms with Gasteiger partial charge < -0.3 is 5.73 Å². The molecule has 0 radical (unpaired) electrons. The maximum atomic E-state index is 13.8. The van der Waals surface area contributed by atoms with E-state index < -0.39 is 11.6 Å². The summed E-state index contributed by atoms with van der Waals surface area (Å²) in [4.78, 5) is 2.20. The number of hydrogen-bond donors (Lipinski definition) is 1. The molecule has 1 aliphatic heterocycles. The molecule has 0 spiro atoms. The SMILES string of the molecule is CC1CN(C(CN)c2ccc(F)cc2F)CC1C. The van der Waals surface area contributed by atoms with Crippen molar-refractivity contribution in [2.45, 2.75) is 19.9 Å².